The summed E-state index contributed by atoms with van der Waals surface area (Å²) in [5.41, 5.74) is 0.908. The molecule has 1 aliphatic heterocycles. The number of rotatable bonds is 6. The van der Waals surface area contributed by atoms with Gasteiger partial charge in [0, 0.05) is 38.8 Å². The molecule has 0 bridgehead atoms. The van der Waals surface area contributed by atoms with Crippen LogP contribution < -0.4 is 10.2 Å². The first-order valence-electron chi connectivity index (χ1n) is 9.06. The number of nitrogens with zero attached hydrogens (tertiary/aromatic N) is 2. The van der Waals surface area contributed by atoms with Crippen LogP contribution in [0.15, 0.2) is 57.9 Å². The minimum Gasteiger partial charge on any atom is -0.477 e. The number of carbonyl (C=O) groups is 1. The van der Waals surface area contributed by atoms with E-state index in [0.29, 0.717) is 18.8 Å². The second-order valence-corrected chi connectivity index (χ2v) is 6.50. The zero-order valence-corrected chi connectivity index (χ0v) is 15.5. The number of carbonyl (C=O) groups excluding carboxylic acids is 1. The molecular formula is C21H24N2O4. The Balaban J connectivity index is 1.41. The standard InChI is InChI=1S/C21H24N2O4/c1-17-14-19(24)20(15-26-17)27-16-21(25)23-12-10-22(11-13-23)9-5-8-18-6-3-2-4-7-18/h2-8,14-15H,9-13,16H2,1H3/b8-5+. The van der Waals surface area contributed by atoms with Gasteiger partial charge in [-0.2, -0.15) is 0 Å². The number of ether oxygens (including phenoxy) is 1. The Morgan fingerprint density at radius 3 is 2.63 bits per heavy atom. The highest BCUT2D eigenvalue weighted by atomic mass is 16.5. The summed E-state index contributed by atoms with van der Waals surface area (Å²) in [4.78, 5) is 28.1. The van der Waals surface area contributed by atoms with Gasteiger partial charge in [0.05, 0.1) is 0 Å². The van der Waals surface area contributed by atoms with Crippen molar-refractivity contribution in [3.63, 3.8) is 0 Å². The zero-order chi connectivity index (χ0) is 19.1. The quantitative estimate of drug-likeness (QED) is 0.782. The lowest BCUT2D eigenvalue weighted by Gasteiger charge is -2.34. The second kappa shape index (κ2) is 9.19. The maximum Gasteiger partial charge on any atom is 0.260 e. The van der Waals surface area contributed by atoms with E-state index in [1.54, 1.807) is 11.8 Å². The van der Waals surface area contributed by atoms with Crippen molar-refractivity contribution < 1.29 is 13.9 Å². The molecule has 1 aromatic heterocycles. The third kappa shape index (κ3) is 5.56. The first-order valence-corrected chi connectivity index (χ1v) is 9.06. The SMILES string of the molecule is Cc1cc(=O)c(OCC(=O)N2CCN(C/C=C/c3ccccc3)CC2)co1. The maximum absolute atomic E-state index is 12.3. The topological polar surface area (TPSA) is 63.0 Å². The van der Waals surface area contributed by atoms with Gasteiger partial charge in [-0.05, 0) is 12.5 Å². The predicted octanol–water partition coefficient (Wildman–Crippen LogP) is 2.18. The van der Waals surface area contributed by atoms with Crippen LogP contribution in [0.3, 0.4) is 0 Å². The van der Waals surface area contributed by atoms with Crippen LogP contribution >= 0.6 is 0 Å². The molecule has 1 amide bonds. The molecule has 2 heterocycles. The number of hydrogen-bond donors (Lipinski definition) is 0. The molecule has 142 valence electrons. The molecule has 0 saturated carbocycles. The molecule has 27 heavy (non-hydrogen) atoms. The highest BCUT2D eigenvalue weighted by Gasteiger charge is 2.21. The largest absolute Gasteiger partial charge is 0.477 e. The van der Waals surface area contributed by atoms with Crippen LogP contribution in [0.5, 0.6) is 5.75 Å². The zero-order valence-electron chi connectivity index (χ0n) is 15.5. The van der Waals surface area contributed by atoms with E-state index in [1.807, 2.05) is 18.2 Å². The highest BCUT2D eigenvalue weighted by molar-refractivity contribution is 5.77. The highest BCUT2D eigenvalue weighted by Crippen LogP contribution is 2.07. The number of amides is 1. The van der Waals surface area contributed by atoms with Crippen molar-refractivity contribution in [3.8, 4) is 5.75 Å². The van der Waals surface area contributed by atoms with E-state index in [9.17, 15) is 9.59 Å². The summed E-state index contributed by atoms with van der Waals surface area (Å²) < 4.78 is 10.5. The fraction of sp³-hybridized carbons (Fsp3) is 0.333. The van der Waals surface area contributed by atoms with Gasteiger partial charge in [0.2, 0.25) is 11.2 Å². The van der Waals surface area contributed by atoms with E-state index in [1.165, 1.54) is 17.9 Å². The van der Waals surface area contributed by atoms with Gasteiger partial charge >= 0.3 is 0 Å². The molecule has 1 saturated heterocycles. The normalized spacial score (nSPS) is 15.2. The van der Waals surface area contributed by atoms with E-state index in [-0.39, 0.29) is 23.7 Å². The van der Waals surface area contributed by atoms with Gasteiger partial charge in [0.25, 0.3) is 5.91 Å². The lowest BCUT2D eigenvalue weighted by Crippen LogP contribution is -2.49. The Hall–Kier alpha value is -2.86. The Labute approximate surface area is 158 Å². The minimum atomic E-state index is -0.276. The van der Waals surface area contributed by atoms with Crippen molar-refractivity contribution >= 4 is 12.0 Å². The molecule has 1 aliphatic rings. The second-order valence-electron chi connectivity index (χ2n) is 6.50. The Bertz CT molecular complexity index is 837. The van der Waals surface area contributed by atoms with Gasteiger partial charge in [-0.25, -0.2) is 0 Å². The summed E-state index contributed by atoms with van der Waals surface area (Å²) in [7, 11) is 0. The average molecular weight is 368 g/mol. The molecule has 0 unspecified atom stereocenters. The minimum absolute atomic E-state index is 0.0682. The van der Waals surface area contributed by atoms with Gasteiger partial charge in [0.15, 0.2) is 6.61 Å². The van der Waals surface area contributed by atoms with Crippen molar-refractivity contribution in [2.75, 3.05) is 39.3 Å². The van der Waals surface area contributed by atoms with E-state index in [2.05, 4.69) is 29.2 Å². The lowest BCUT2D eigenvalue weighted by atomic mass is 10.2. The smallest absolute Gasteiger partial charge is 0.260 e. The summed E-state index contributed by atoms with van der Waals surface area (Å²) in [5.74, 6) is 0.462. The van der Waals surface area contributed by atoms with Crippen LogP contribution in [0.1, 0.15) is 11.3 Å². The molecule has 2 aromatic rings. The molecule has 3 rings (SSSR count). The van der Waals surface area contributed by atoms with Crippen molar-refractivity contribution in [2.45, 2.75) is 6.92 Å². The molecule has 0 atom stereocenters. The summed E-state index contributed by atoms with van der Waals surface area (Å²) in [5, 5.41) is 0. The molecule has 0 aliphatic carbocycles. The van der Waals surface area contributed by atoms with Crippen molar-refractivity contribution in [3.05, 3.63) is 70.3 Å². The molecule has 6 heteroatoms. The van der Waals surface area contributed by atoms with Crippen LogP contribution in [0.2, 0.25) is 0 Å². The Morgan fingerprint density at radius 1 is 1.19 bits per heavy atom. The summed E-state index contributed by atoms with van der Waals surface area (Å²) in [6, 6.07) is 11.5. The van der Waals surface area contributed by atoms with Crippen molar-refractivity contribution in [1.29, 1.82) is 0 Å². The first-order chi connectivity index (χ1) is 13.1. The fourth-order valence-corrected chi connectivity index (χ4v) is 2.91. The molecule has 1 fully saturated rings. The molecule has 0 spiro atoms. The summed E-state index contributed by atoms with van der Waals surface area (Å²) in [6.07, 6.45) is 5.51. The van der Waals surface area contributed by atoms with E-state index in [0.717, 1.165) is 19.6 Å². The molecule has 0 radical (unpaired) electrons. The number of aryl methyl sites for hydroxylation is 1. The average Bonchev–Trinajstić information content (AvgIpc) is 2.68. The van der Waals surface area contributed by atoms with Crippen molar-refractivity contribution in [2.24, 2.45) is 0 Å². The third-order valence-corrected chi connectivity index (χ3v) is 4.48. The Kier molecular flexibility index (Phi) is 6.44. The van der Waals surface area contributed by atoms with Gasteiger partial charge in [-0.15, -0.1) is 0 Å². The van der Waals surface area contributed by atoms with Crippen LogP contribution in [0.25, 0.3) is 6.08 Å². The van der Waals surface area contributed by atoms with E-state index >= 15 is 0 Å². The first kappa shape index (κ1) is 18.9. The summed E-state index contributed by atoms with van der Waals surface area (Å²) in [6.45, 7) is 5.34. The van der Waals surface area contributed by atoms with Crippen LogP contribution in [0, 0.1) is 6.92 Å². The van der Waals surface area contributed by atoms with Gasteiger partial charge in [-0.1, -0.05) is 42.5 Å². The van der Waals surface area contributed by atoms with Gasteiger partial charge in [-0.3, -0.25) is 14.5 Å². The maximum atomic E-state index is 12.3. The van der Waals surface area contributed by atoms with E-state index < -0.39 is 0 Å². The fourth-order valence-electron chi connectivity index (χ4n) is 2.91. The van der Waals surface area contributed by atoms with Gasteiger partial charge in [0.1, 0.15) is 12.0 Å². The molecule has 1 aromatic carbocycles. The number of piperazine rings is 1. The van der Waals surface area contributed by atoms with Crippen LogP contribution in [0.4, 0.5) is 0 Å². The molecule has 6 nitrogen and oxygen atoms in total. The monoisotopic (exact) mass is 368 g/mol. The van der Waals surface area contributed by atoms with Crippen molar-refractivity contribution in [1.82, 2.24) is 9.80 Å². The van der Waals surface area contributed by atoms with E-state index in [4.69, 9.17) is 9.15 Å². The molecule has 0 N–H and O–H groups in total. The number of hydrogen-bond acceptors (Lipinski definition) is 5. The number of benzene rings is 1. The Morgan fingerprint density at radius 2 is 1.93 bits per heavy atom. The van der Waals surface area contributed by atoms with Crippen LogP contribution in [-0.2, 0) is 4.79 Å². The lowest BCUT2D eigenvalue weighted by molar-refractivity contribution is -0.135. The van der Waals surface area contributed by atoms with Gasteiger partial charge < -0.3 is 14.1 Å². The van der Waals surface area contributed by atoms with Crippen LogP contribution in [-0.4, -0.2) is 55.0 Å². The third-order valence-electron chi connectivity index (χ3n) is 4.48. The predicted molar refractivity (Wildman–Crippen MR) is 104 cm³/mol. The summed E-state index contributed by atoms with van der Waals surface area (Å²) >= 11 is 0. The molecular weight excluding hydrogens is 344 g/mol.